The third-order valence-corrected chi connectivity index (χ3v) is 2.34. The van der Waals surface area contributed by atoms with Gasteiger partial charge in [0.1, 0.15) is 6.04 Å². The van der Waals surface area contributed by atoms with Crippen LogP contribution in [0.15, 0.2) is 30.3 Å². The van der Waals surface area contributed by atoms with Crippen molar-refractivity contribution in [3.8, 4) is 0 Å². The van der Waals surface area contributed by atoms with Crippen molar-refractivity contribution in [2.75, 3.05) is 0 Å². The SMILES string of the molecule is C[C@H](NC(=O)c1ccccc1)C(=O)NC(N)C(=O)O. The van der Waals surface area contributed by atoms with Gasteiger partial charge in [0.2, 0.25) is 5.91 Å². The van der Waals surface area contributed by atoms with E-state index < -0.39 is 30.0 Å². The smallest absolute Gasteiger partial charge is 0.341 e. The molecule has 0 aliphatic rings. The molecule has 1 aromatic rings. The second-order valence-electron chi connectivity index (χ2n) is 3.89. The van der Waals surface area contributed by atoms with Gasteiger partial charge in [-0.3, -0.25) is 9.59 Å². The molecule has 0 aliphatic carbocycles. The molecule has 0 spiro atoms. The third kappa shape index (κ3) is 4.40. The molecular weight excluding hydrogens is 250 g/mol. The van der Waals surface area contributed by atoms with E-state index in [1.807, 2.05) is 0 Å². The molecule has 7 nitrogen and oxygen atoms in total. The van der Waals surface area contributed by atoms with Crippen LogP contribution < -0.4 is 16.4 Å². The number of carbonyl (C=O) groups excluding carboxylic acids is 2. The highest BCUT2D eigenvalue weighted by molar-refractivity contribution is 5.97. The molecular formula is C12H15N3O4. The van der Waals surface area contributed by atoms with Crippen LogP contribution in [-0.4, -0.2) is 35.1 Å². The molecule has 102 valence electrons. The third-order valence-electron chi connectivity index (χ3n) is 2.34. The summed E-state index contributed by atoms with van der Waals surface area (Å²) in [5, 5.41) is 13.0. The lowest BCUT2D eigenvalue weighted by Crippen LogP contribution is -2.53. The number of nitrogens with two attached hydrogens (primary N) is 1. The van der Waals surface area contributed by atoms with Gasteiger partial charge in [-0.15, -0.1) is 0 Å². The minimum absolute atomic E-state index is 0.407. The Kier molecular flexibility index (Phi) is 5.01. The number of carboxylic acid groups (broad SMARTS) is 1. The van der Waals surface area contributed by atoms with Crippen molar-refractivity contribution in [3.63, 3.8) is 0 Å². The lowest BCUT2D eigenvalue weighted by Gasteiger charge is -2.16. The Hall–Kier alpha value is -2.41. The Labute approximate surface area is 109 Å². The number of carboxylic acids is 1. The standard InChI is InChI=1S/C12H15N3O4/c1-7(10(16)15-9(13)12(18)19)14-11(17)8-5-3-2-4-6-8/h2-7,9H,13H2,1H3,(H,14,17)(H,15,16)(H,18,19)/t7-,9?/m0/s1. The Bertz CT molecular complexity index is 475. The van der Waals surface area contributed by atoms with E-state index in [0.717, 1.165) is 0 Å². The lowest BCUT2D eigenvalue weighted by molar-refractivity contribution is -0.141. The van der Waals surface area contributed by atoms with Gasteiger partial charge in [0, 0.05) is 5.56 Å². The molecule has 2 atom stereocenters. The average Bonchev–Trinajstić information content (AvgIpc) is 2.39. The van der Waals surface area contributed by atoms with Crippen LogP contribution in [0.3, 0.4) is 0 Å². The van der Waals surface area contributed by atoms with Crippen molar-refractivity contribution < 1.29 is 19.5 Å². The fraction of sp³-hybridized carbons (Fsp3) is 0.250. The summed E-state index contributed by atoms with van der Waals surface area (Å²) in [6, 6.07) is 7.46. The van der Waals surface area contributed by atoms with Gasteiger partial charge in [-0.2, -0.15) is 0 Å². The van der Waals surface area contributed by atoms with Gasteiger partial charge in [-0.05, 0) is 19.1 Å². The molecule has 5 N–H and O–H groups in total. The highest BCUT2D eigenvalue weighted by Gasteiger charge is 2.20. The Morgan fingerprint density at radius 3 is 2.26 bits per heavy atom. The topological polar surface area (TPSA) is 122 Å². The fourth-order valence-corrected chi connectivity index (χ4v) is 1.28. The van der Waals surface area contributed by atoms with Crippen LogP contribution in [0.1, 0.15) is 17.3 Å². The van der Waals surface area contributed by atoms with E-state index in [0.29, 0.717) is 5.56 Å². The maximum atomic E-state index is 11.7. The zero-order chi connectivity index (χ0) is 14.4. The highest BCUT2D eigenvalue weighted by Crippen LogP contribution is 1.98. The monoisotopic (exact) mass is 265 g/mol. The molecule has 0 radical (unpaired) electrons. The molecule has 1 unspecified atom stereocenters. The van der Waals surface area contributed by atoms with Crippen LogP contribution in [0.2, 0.25) is 0 Å². The Balaban J connectivity index is 2.55. The molecule has 0 saturated heterocycles. The summed E-state index contributed by atoms with van der Waals surface area (Å²) in [5.74, 6) is -2.44. The fourth-order valence-electron chi connectivity index (χ4n) is 1.28. The first kappa shape index (κ1) is 14.7. The molecule has 19 heavy (non-hydrogen) atoms. The highest BCUT2D eigenvalue weighted by atomic mass is 16.4. The van der Waals surface area contributed by atoms with Crippen molar-refractivity contribution in [3.05, 3.63) is 35.9 Å². The zero-order valence-corrected chi connectivity index (χ0v) is 10.3. The van der Waals surface area contributed by atoms with E-state index in [9.17, 15) is 14.4 Å². The van der Waals surface area contributed by atoms with Crippen LogP contribution in [0, 0.1) is 0 Å². The van der Waals surface area contributed by atoms with E-state index in [2.05, 4.69) is 10.6 Å². The van der Waals surface area contributed by atoms with Gasteiger partial charge in [0.15, 0.2) is 6.17 Å². The van der Waals surface area contributed by atoms with Crippen molar-refractivity contribution in [1.29, 1.82) is 0 Å². The molecule has 0 fully saturated rings. The van der Waals surface area contributed by atoms with Crippen LogP contribution in [-0.2, 0) is 9.59 Å². The summed E-state index contributed by atoms with van der Waals surface area (Å²) in [7, 11) is 0. The second-order valence-corrected chi connectivity index (χ2v) is 3.89. The number of carbonyl (C=O) groups is 3. The first-order valence-electron chi connectivity index (χ1n) is 5.56. The number of nitrogens with one attached hydrogen (secondary N) is 2. The quantitative estimate of drug-likeness (QED) is 0.524. The van der Waals surface area contributed by atoms with Crippen LogP contribution in [0.4, 0.5) is 0 Å². The Morgan fingerprint density at radius 1 is 1.16 bits per heavy atom. The minimum atomic E-state index is -1.50. The molecule has 1 aromatic carbocycles. The number of hydrogen-bond acceptors (Lipinski definition) is 4. The maximum Gasteiger partial charge on any atom is 0.341 e. The van der Waals surface area contributed by atoms with E-state index in [-0.39, 0.29) is 0 Å². The predicted octanol–water partition coefficient (Wildman–Crippen LogP) is -0.709. The molecule has 1 rings (SSSR count). The molecule has 0 saturated carbocycles. The van der Waals surface area contributed by atoms with Crippen LogP contribution >= 0.6 is 0 Å². The van der Waals surface area contributed by atoms with Crippen LogP contribution in [0.25, 0.3) is 0 Å². The van der Waals surface area contributed by atoms with E-state index >= 15 is 0 Å². The van der Waals surface area contributed by atoms with Crippen molar-refractivity contribution in [1.82, 2.24) is 10.6 Å². The maximum absolute atomic E-state index is 11.7. The predicted molar refractivity (Wildman–Crippen MR) is 67.1 cm³/mol. The number of rotatable bonds is 5. The largest absolute Gasteiger partial charge is 0.479 e. The van der Waals surface area contributed by atoms with E-state index in [4.69, 9.17) is 10.8 Å². The van der Waals surface area contributed by atoms with Crippen molar-refractivity contribution >= 4 is 17.8 Å². The normalized spacial score (nSPS) is 13.2. The summed E-state index contributed by atoms with van der Waals surface area (Å²) in [6.07, 6.45) is -1.50. The van der Waals surface area contributed by atoms with E-state index in [1.165, 1.54) is 6.92 Å². The summed E-state index contributed by atoms with van der Waals surface area (Å²) in [6.45, 7) is 1.44. The van der Waals surface area contributed by atoms with Crippen molar-refractivity contribution in [2.45, 2.75) is 19.1 Å². The number of amides is 2. The van der Waals surface area contributed by atoms with Gasteiger partial charge in [0.25, 0.3) is 5.91 Å². The van der Waals surface area contributed by atoms with Gasteiger partial charge < -0.3 is 21.5 Å². The lowest BCUT2D eigenvalue weighted by atomic mass is 10.2. The van der Waals surface area contributed by atoms with Gasteiger partial charge in [0.05, 0.1) is 0 Å². The molecule has 0 heterocycles. The first-order valence-corrected chi connectivity index (χ1v) is 5.56. The minimum Gasteiger partial charge on any atom is -0.479 e. The summed E-state index contributed by atoms with van der Waals surface area (Å²) in [4.78, 5) is 33.8. The average molecular weight is 265 g/mol. The number of hydrogen-bond donors (Lipinski definition) is 4. The summed E-state index contributed by atoms with van der Waals surface area (Å²) >= 11 is 0. The first-order chi connectivity index (χ1) is 8.91. The van der Waals surface area contributed by atoms with Gasteiger partial charge in [-0.1, -0.05) is 18.2 Å². The molecule has 2 amide bonds. The molecule has 0 aromatic heterocycles. The second kappa shape index (κ2) is 6.50. The molecule has 7 heteroatoms. The van der Waals surface area contributed by atoms with E-state index in [1.54, 1.807) is 30.3 Å². The van der Waals surface area contributed by atoms with Gasteiger partial charge >= 0.3 is 5.97 Å². The van der Waals surface area contributed by atoms with Crippen LogP contribution in [0.5, 0.6) is 0 Å². The Morgan fingerprint density at radius 2 is 1.74 bits per heavy atom. The number of benzene rings is 1. The van der Waals surface area contributed by atoms with Crippen molar-refractivity contribution in [2.24, 2.45) is 5.73 Å². The summed E-state index contributed by atoms with van der Waals surface area (Å²) in [5.41, 5.74) is 5.56. The number of aliphatic carboxylic acids is 1. The zero-order valence-electron chi connectivity index (χ0n) is 10.3. The molecule has 0 bridgehead atoms. The van der Waals surface area contributed by atoms with Gasteiger partial charge in [-0.25, -0.2) is 4.79 Å². The molecule has 0 aliphatic heterocycles. The summed E-state index contributed by atoms with van der Waals surface area (Å²) < 4.78 is 0.